The van der Waals surface area contributed by atoms with Crippen molar-refractivity contribution >= 4 is 11.8 Å². The van der Waals surface area contributed by atoms with Gasteiger partial charge in [-0.3, -0.25) is 0 Å². The van der Waals surface area contributed by atoms with Crippen LogP contribution < -0.4 is 5.32 Å². The normalized spacial score (nSPS) is 15.4. The molecule has 1 unspecified atom stereocenters. The minimum atomic E-state index is 0.361. The zero-order valence-corrected chi connectivity index (χ0v) is 12.9. The Kier molecular flexibility index (Phi) is 3.69. The van der Waals surface area contributed by atoms with Crippen LogP contribution in [-0.4, -0.2) is 0 Å². The zero-order chi connectivity index (χ0) is 15.5. The van der Waals surface area contributed by atoms with Gasteiger partial charge in [-0.25, -0.2) is 0 Å². The molecule has 0 amide bonds. The van der Waals surface area contributed by atoms with Gasteiger partial charge in [0, 0.05) is 18.2 Å². The largest absolute Gasteiger partial charge is 0.381 e. The predicted molar refractivity (Wildman–Crippen MR) is 97.5 cm³/mol. The minimum absolute atomic E-state index is 0.361. The summed E-state index contributed by atoms with van der Waals surface area (Å²) < 4.78 is 0. The van der Waals surface area contributed by atoms with E-state index < -0.39 is 0 Å². The Morgan fingerprint density at radius 1 is 0.696 bits per heavy atom. The molecule has 0 fully saturated rings. The average molecular weight is 297 g/mol. The standard InChI is InChI=1S/C22H19N/c1-2-10-19(11-3-1)23-16-18-9-5-7-13-21(18)22-15-14-17-8-4-6-12-20(17)22/h1-15,22-23H,16H2. The van der Waals surface area contributed by atoms with Gasteiger partial charge in [-0.2, -0.15) is 0 Å². The van der Waals surface area contributed by atoms with Crippen molar-refractivity contribution in [2.24, 2.45) is 0 Å². The second-order valence-electron chi connectivity index (χ2n) is 5.88. The topological polar surface area (TPSA) is 12.0 Å². The van der Waals surface area contributed by atoms with Crippen LogP contribution in [0.4, 0.5) is 5.69 Å². The second kappa shape index (κ2) is 6.13. The van der Waals surface area contributed by atoms with E-state index in [9.17, 15) is 0 Å². The van der Waals surface area contributed by atoms with Crippen molar-refractivity contribution in [1.29, 1.82) is 0 Å². The smallest absolute Gasteiger partial charge is 0.0403 e. The molecule has 0 spiro atoms. The van der Waals surface area contributed by atoms with E-state index in [0.29, 0.717) is 5.92 Å². The minimum Gasteiger partial charge on any atom is -0.381 e. The fourth-order valence-electron chi connectivity index (χ4n) is 3.27. The first kappa shape index (κ1) is 13.8. The Hall–Kier alpha value is -2.80. The molecule has 0 saturated carbocycles. The number of hydrogen-bond acceptors (Lipinski definition) is 1. The first-order valence-electron chi connectivity index (χ1n) is 8.06. The summed E-state index contributed by atoms with van der Waals surface area (Å²) in [5.41, 5.74) is 6.63. The molecule has 0 aliphatic heterocycles. The SMILES string of the molecule is C1=CC(c2ccccc2CNc2ccccc2)c2ccccc21. The summed E-state index contributed by atoms with van der Waals surface area (Å²) in [5.74, 6) is 0.361. The number of nitrogens with one attached hydrogen (secondary N) is 1. The van der Waals surface area contributed by atoms with Gasteiger partial charge in [-0.05, 0) is 34.4 Å². The van der Waals surface area contributed by atoms with Gasteiger partial charge in [0.1, 0.15) is 0 Å². The highest BCUT2D eigenvalue weighted by atomic mass is 14.9. The van der Waals surface area contributed by atoms with Crippen molar-refractivity contribution < 1.29 is 0 Å². The Balaban J connectivity index is 1.62. The molecule has 0 bridgehead atoms. The lowest BCUT2D eigenvalue weighted by Gasteiger charge is -2.17. The predicted octanol–water partition coefficient (Wildman–Crippen LogP) is 5.46. The lowest BCUT2D eigenvalue weighted by molar-refractivity contribution is 0.992. The number of rotatable bonds is 4. The van der Waals surface area contributed by atoms with Gasteiger partial charge in [0.25, 0.3) is 0 Å². The monoisotopic (exact) mass is 297 g/mol. The lowest BCUT2D eigenvalue weighted by atomic mass is 9.89. The number of fused-ring (bicyclic) bond motifs is 1. The molecule has 0 radical (unpaired) electrons. The molecular formula is C22H19N. The van der Waals surface area contributed by atoms with Gasteiger partial charge in [0.05, 0.1) is 0 Å². The molecule has 23 heavy (non-hydrogen) atoms. The van der Waals surface area contributed by atoms with Crippen molar-refractivity contribution in [1.82, 2.24) is 0 Å². The summed E-state index contributed by atoms with van der Waals surface area (Å²) >= 11 is 0. The highest BCUT2D eigenvalue weighted by Crippen LogP contribution is 2.36. The molecule has 1 aliphatic rings. The summed E-state index contributed by atoms with van der Waals surface area (Å²) in [4.78, 5) is 0. The van der Waals surface area contributed by atoms with Crippen LogP contribution in [0.15, 0.2) is 84.9 Å². The van der Waals surface area contributed by atoms with E-state index in [0.717, 1.165) is 12.2 Å². The van der Waals surface area contributed by atoms with Gasteiger partial charge in [-0.1, -0.05) is 78.9 Å². The van der Waals surface area contributed by atoms with Crippen LogP contribution in [0.25, 0.3) is 6.08 Å². The maximum Gasteiger partial charge on any atom is 0.0403 e. The first-order chi connectivity index (χ1) is 11.4. The van der Waals surface area contributed by atoms with Gasteiger partial charge in [-0.15, -0.1) is 0 Å². The van der Waals surface area contributed by atoms with Gasteiger partial charge in [0.2, 0.25) is 0 Å². The van der Waals surface area contributed by atoms with E-state index in [2.05, 4.69) is 90.3 Å². The molecule has 1 atom stereocenters. The van der Waals surface area contributed by atoms with Crippen LogP contribution in [0.2, 0.25) is 0 Å². The zero-order valence-electron chi connectivity index (χ0n) is 12.9. The fourth-order valence-corrected chi connectivity index (χ4v) is 3.27. The Morgan fingerprint density at radius 2 is 1.39 bits per heavy atom. The quantitative estimate of drug-likeness (QED) is 0.674. The molecule has 3 aromatic carbocycles. The summed E-state index contributed by atoms with van der Waals surface area (Å²) in [6, 6.07) is 27.8. The van der Waals surface area contributed by atoms with Crippen LogP contribution in [0.3, 0.4) is 0 Å². The van der Waals surface area contributed by atoms with Crippen molar-refractivity contribution in [3.05, 3.63) is 107 Å². The molecule has 3 aromatic rings. The third-order valence-electron chi connectivity index (χ3n) is 4.45. The number of benzene rings is 3. The Morgan fingerprint density at radius 3 is 2.26 bits per heavy atom. The van der Waals surface area contributed by atoms with Crippen LogP contribution in [0, 0.1) is 0 Å². The van der Waals surface area contributed by atoms with E-state index in [1.807, 2.05) is 6.07 Å². The van der Waals surface area contributed by atoms with Crippen molar-refractivity contribution in [2.75, 3.05) is 5.32 Å². The van der Waals surface area contributed by atoms with E-state index in [1.54, 1.807) is 0 Å². The molecule has 112 valence electrons. The van der Waals surface area contributed by atoms with Crippen LogP contribution in [-0.2, 0) is 6.54 Å². The second-order valence-corrected chi connectivity index (χ2v) is 5.88. The summed E-state index contributed by atoms with van der Waals surface area (Å²) in [6.45, 7) is 0.840. The molecule has 1 aliphatic carbocycles. The lowest BCUT2D eigenvalue weighted by Crippen LogP contribution is -2.06. The van der Waals surface area contributed by atoms with E-state index >= 15 is 0 Å². The molecule has 1 nitrogen and oxygen atoms in total. The van der Waals surface area contributed by atoms with Crippen molar-refractivity contribution in [3.8, 4) is 0 Å². The van der Waals surface area contributed by atoms with Gasteiger partial charge < -0.3 is 5.32 Å². The Labute approximate surface area is 137 Å². The fraction of sp³-hybridized carbons (Fsp3) is 0.0909. The molecule has 0 saturated heterocycles. The third-order valence-corrected chi connectivity index (χ3v) is 4.45. The summed E-state index contributed by atoms with van der Waals surface area (Å²) in [6.07, 6.45) is 4.55. The highest BCUT2D eigenvalue weighted by Gasteiger charge is 2.20. The number of anilines is 1. The molecule has 4 rings (SSSR count). The van der Waals surface area contributed by atoms with Gasteiger partial charge >= 0.3 is 0 Å². The van der Waals surface area contributed by atoms with Crippen molar-refractivity contribution in [2.45, 2.75) is 12.5 Å². The van der Waals surface area contributed by atoms with E-state index in [-0.39, 0.29) is 0 Å². The van der Waals surface area contributed by atoms with E-state index in [1.165, 1.54) is 22.3 Å². The summed E-state index contributed by atoms with van der Waals surface area (Å²) in [7, 11) is 0. The third kappa shape index (κ3) is 2.78. The molecule has 1 heteroatoms. The van der Waals surface area contributed by atoms with E-state index in [4.69, 9.17) is 0 Å². The average Bonchev–Trinajstić information content (AvgIpc) is 3.05. The number of para-hydroxylation sites is 1. The van der Waals surface area contributed by atoms with Gasteiger partial charge in [0.15, 0.2) is 0 Å². The van der Waals surface area contributed by atoms with Crippen LogP contribution >= 0.6 is 0 Å². The van der Waals surface area contributed by atoms with Crippen LogP contribution in [0.5, 0.6) is 0 Å². The summed E-state index contributed by atoms with van der Waals surface area (Å²) in [5, 5.41) is 3.52. The Bertz CT molecular complexity index is 833. The van der Waals surface area contributed by atoms with Crippen molar-refractivity contribution in [3.63, 3.8) is 0 Å². The molecule has 1 N–H and O–H groups in total. The van der Waals surface area contributed by atoms with Crippen LogP contribution in [0.1, 0.15) is 28.2 Å². The number of allylic oxidation sites excluding steroid dienone is 1. The molecule has 0 aromatic heterocycles. The molecule has 0 heterocycles. The molecular weight excluding hydrogens is 278 g/mol. The highest BCUT2D eigenvalue weighted by molar-refractivity contribution is 5.65. The maximum absolute atomic E-state index is 3.52. The first-order valence-corrected chi connectivity index (χ1v) is 8.06. The number of hydrogen-bond donors (Lipinski definition) is 1. The maximum atomic E-state index is 3.52.